The zero-order valence-corrected chi connectivity index (χ0v) is 21.1. The van der Waals surface area contributed by atoms with E-state index in [0.717, 1.165) is 36.3 Å². The molecule has 0 amide bonds. The fourth-order valence-electron chi connectivity index (χ4n) is 3.65. The van der Waals surface area contributed by atoms with Gasteiger partial charge in [-0.2, -0.15) is 0 Å². The molecule has 31 heavy (non-hydrogen) atoms. The van der Waals surface area contributed by atoms with Crippen molar-refractivity contribution in [3.63, 3.8) is 0 Å². The van der Waals surface area contributed by atoms with Crippen LogP contribution in [0.3, 0.4) is 0 Å². The lowest BCUT2D eigenvalue weighted by atomic mass is 9.79. The Morgan fingerprint density at radius 2 is 1.90 bits per heavy atom. The van der Waals surface area contributed by atoms with Crippen LogP contribution in [0, 0.1) is 11.8 Å². The van der Waals surface area contributed by atoms with E-state index in [1.165, 1.54) is 24.8 Å². The fraction of sp³-hybridized carbons (Fsp3) is 0.741. The lowest BCUT2D eigenvalue weighted by Crippen LogP contribution is -2.38. The summed E-state index contributed by atoms with van der Waals surface area (Å²) in [6, 6.07) is 0. The van der Waals surface area contributed by atoms with Gasteiger partial charge in [-0.05, 0) is 76.0 Å². The highest BCUT2D eigenvalue weighted by Gasteiger charge is 2.35. The third-order valence-electron chi connectivity index (χ3n) is 5.85. The zero-order chi connectivity index (χ0) is 23.8. The number of hydrogen-bond acceptors (Lipinski definition) is 4. The Morgan fingerprint density at radius 1 is 1.23 bits per heavy atom. The maximum atomic E-state index is 11.7. The second kappa shape index (κ2) is 17.3. The number of unbranched alkanes of at least 4 members (excludes halogenated alkanes) is 1. The van der Waals surface area contributed by atoms with E-state index in [1.54, 1.807) is 0 Å². The summed E-state index contributed by atoms with van der Waals surface area (Å²) in [4.78, 5) is 11.7. The predicted octanol–water partition coefficient (Wildman–Crippen LogP) is 6.18. The first-order valence-corrected chi connectivity index (χ1v) is 12.2. The summed E-state index contributed by atoms with van der Waals surface area (Å²) in [7, 11) is 0. The van der Waals surface area contributed by atoms with Gasteiger partial charge in [0.1, 0.15) is 0 Å². The molecule has 0 spiro atoms. The van der Waals surface area contributed by atoms with Crippen molar-refractivity contribution >= 4 is 5.78 Å². The number of fused-ring (bicyclic) bond motifs is 1. The van der Waals surface area contributed by atoms with Crippen LogP contribution in [0.2, 0.25) is 0 Å². The molecule has 4 nitrogen and oxygen atoms in total. The number of hydrogen-bond donors (Lipinski definition) is 2. The summed E-state index contributed by atoms with van der Waals surface area (Å²) in [6.45, 7) is 14.9. The third-order valence-corrected chi connectivity index (χ3v) is 5.85. The summed E-state index contributed by atoms with van der Waals surface area (Å²) in [5, 5.41) is 18.3. The summed E-state index contributed by atoms with van der Waals surface area (Å²) in [6.07, 6.45) is 12.9. The summed E-state index contributed by atoms with van der Waals surface area (Å²) < 4.78 is 5.99. The number of Topliss-reactive ketones (excluding diaryl/α,β-unsaturated/α-hetero) is 1. The van der Waals surface area contributed by atoms with Crippen LogP contribution in [-0.2, 0) is 9.53 Å². The highest BCUT2D eigenvalue weighted by atomic mass is 16.5. The van der Waals surface area contributed by atoms with Gasteiger partial charge in [0.2, 0.25) is 0 Å². The molecule has 1 heterocycles. The van der Waals surface area contributed by atoms with Crippen molar-refractivity contribution in [1.29, 1.82) is 0 Å². The molecule has 0 saturated heterocycles. The molecule has 0 aromatic rings. The van der Waals surface area contributed by atoms with E-state index in [1.807, 2.05) is 32.9 Å². The van der Waals surface area contributed by atoms with Crippen molar-refractivity contribution in [3.8, 4) is 0 Å². The minimum atomic E-state index is -0.0935. The van der Waals surface area contributed by atoms with Crippen LogP contribution in [0.15, 0.2) is 34.9 Å². The molecule has 0 fully saturated rings. The van der Waals surface area contributed by atoms with Gasteiger partial charge in [0.25, 0.3) is 0 Å². The van der Waals surface area contributed by atoms with Gasteiger partial charge in [0, 0.05) is 18.9 Å². The van der Waals surface area contributed by atoms with E-state index in [4.69, 9.17) is 9.84 Å². The van der Waals surface area contributed by atoms with E-state index in [2.05, 4.69) is 33.8 Å². The molecule has 4 heteroatoms. The minimum absolute atomic E-state index is 0.00436. The van der Waals surface area contributed by atoms with E-state index in [-0.39, 0.29) is 37.1 Å². The van der Waals surface area contributed by atoms with Gasteiger partial charge in [-0.25, -0.2) is 0 Å². The maximum absolute atomic E-state index is 11.7. The SMILES string of the molecule is CC.CC1=C[C@H]2OC(CCCCO)C=C(CO)[C@H]2CC1=O.CCC(C)CCC=C(C)C. The normalized spacial score (nSPS) is 23.1. The molecule has 2 N–H and O–H groups in total. The molecule has 1 aliphatic heterocycles. The zero-order valence-electron chi connectivity index (χ0n) is 21.1. The number of aliphatic hydroxyl groups excluding tert-OH is 2. The van der Waals surface area contributed by atoms with Gasteiger partial charge >= 0.3 is 0 Å². The number of carbonyl (C=O) groups excluding carboxylic acids is 1. The quantitative estimate of drug-likeness (QED) is 0.335. The molecule has 0 saturated carbocycles. The van der Waals surface area contributed by atoms with E-state index in [0.29, 0.717) is 6.42 Å². The highest BCUT2D eigenvalue weighted by molar-refractivity contribution is 5.96. The lowest BCUT2D eigenvalue weighted by molar-refractivity contribution is -0.119. The number of carbonyl (C=O) groups is 1. The number of ketones is 1. The first-order chi connectivity index (χ1) is 14.8. The molecule has 4 atom stereocenters. The fourth-order valence-corrected chi connectivity index (χ4v) is 3.65. The Kier molecular flexibility index (Phi) is 16.7. The molecular formula is C27H48O4. The molecular weight excluding hydrogens is 388 g/mol. The van der Waals surface area contributed by atoms with Gasteiger partial charge in [-0.15, -0.1) is 0 Å². The van der Waals surface area contributed by atoms with Crippen molar-refractivity contribution in [1.82, 2.24) is 0 Å². The van der Waals surface area contributed by atoms with Gasteiger partial charge in [0.15, 0.2) is 5.78 Å². The molecule has 0 aromatic carbocycles. The molecule has 0 aromatic heterocycles. The van der Waals surface area contributed by atoms with Crippen LogP contribution in [0.5, 0.6) is 0 Å². The largest absolute Gasteiger partial charge is 0.396 e. The lowest BCUT2D eigenvalue weighted by Gasteiger charge is -2.37. The smallest absolute Gasteiger partial charge is 0.159 e. The highest BCUT2D eigenvalue weighted by Crippen LogP contribution is 2.35. The second-order valence-electron chi connectivity index (χ2n) is 8.71. The minimum Gasteiger partial charge on any atom is -0.396 e. The molecule has 1 aliphatic carbocycles. The summed E-state index contributed by atoms with van der Waals surface area (Å²) in [5.41, 5.74) is 3.13. The molecule has 2 aliphatic rings. The topological polar surface area (TPSA) is 66.8 Å². The maximum Gasteiger partial charge on any atom is 0.159 e. The van der Waals surface area contributed by atoms with Crippen molar-refractivity contribution < 1.29 is 19.7 Å². The Balaban J connectivity index is 0.000000639. The Labute approximate surface area is 191 Å². The second-order valence-corrected chi connectivity index (χ2v) is 8.71. The Bertz CT molecular complexity index is 584. The van der Waals surface area contributed by atoms with Crippen LogP contribution in [0.4, 0.5) is 0 Å². The summed E-state index contributed by atoms with van der Waals surface area (Å²) in [5.74, 6) is 1.04. The monoisotopic (exact) mass is 436 g/mol. The van der Waals surface area contributed by atoms with Crippen LogP contribution < -0.4 is 0 Å². The number of ether oxygens (including phenoxy) is 1. The van der Waals surface area contributed by atoms with E-state index >= 15 is 0 Å². The standard InChI is InChI=1S/C15H22O4.C10H20.C2H6/c1-10-6-15-13(8-14(10)18)11(9-17)7-12(19-15)4-2-3-5-16;1-5-10(4)8-6-7-9(2)3;1-2/h6-7,12-13,15-17H,2-5,8-9H2,1H3;7,10H,5-6,8H2,1-4H3;1-2H3/t12?,13-,15-;;/m1../s1. The molecule has 2 unspecified atom stereocenters. The number of aliphatic hydroxyl groups is 2. The van der Waals surface area contributed by atoms with Crippen molar-refractivity contribution in [2.45, 2.75) is 106 Å². The van der Waals surface area contributed by atoms with Crippen LogP contribution in [0.25, 0.3) is 0 Å². The Hall–Kier alpha value is -1.23. The van der Waals surface area contributed by atoms with Gasteiger partial charge in [-0.3, -0.25) is 4.79 Å². The number of allylic oxidation sites excluding steroid dienone is 3. The molecule has 180 valence electrons. The van der Waals surface area contributed by atoms with Crippen molar-refractivity contribution in [3.05, 3.63) is 34.9 Å². The van der Waals surface area contributed by atoms with E-state index < -0.39 is 0 Å². The number of rotatable bonds is 9. The molecule has 0 bridgehead atoms. The molecule has 0 radical (unpaired) electrons. The Morgan fingerprint density at radius 3 is 2.45 bits per heavy atom. The van der Waals surface area contributed by atoms with Gasteiger partial charge < -0.3 is 14.9 Å². The predicted molar refractivity (Wildman–Crippen MR) is 131 cm³/mol. The van der Waals surface area contributed by atoms with Gasteiger partial charge in [-0.1, -0.05) is 51.8 Å². The van der Waals surface area contributed by atoms with Crippen LogP contribution >= 0.6 is 0 Å². The average Bonchev–Trinajstić information content (AvgIpc) is 2.76. The first-order valence-electron chi connectivity index (χ1n) is 12.2. The van der Waals surface area contributed by atoms with Crippen molar-refractivity contribution in [2.75, 3.05) is 13.2 Å². The van der Waals surface area contributed by atoms with E-state index in [9.17, 15) is 9.90 Å². The first kappa shape index (κ1) is 29.8. The van der Waals surface area contributed by atoms with Crippen LogP contribution in [-0.4, -0.2) is 41.4 Å². The molecule has 2 rings (SSSR count). The summed E-state index contributed by atoms with van der Waals surface area (Å²) >= 11 is 0. The third kappa shape index (κ3) is 11.8. The van der Waals surface area contributed by atoms with Crippen molar-refractivity contribution in [2.24, 2.45) is 11.8 Å². The average molecular weight is 437 g/mol. The van der Waals surface area contributed by atoms with Gasteiger partial charge in [0.05, 0.1) is 18.8 Å². The van der Waals surface area contributed by atoms with Crippen LogP contribution in [0.1, 0.15) is 93.4 Å².